The summed E-state index contributed by atoms with van der Waals surface area (Å²) in [6, 6.07) is 17.9. The van der Waals surface area contributed by atoms with Gasteiger partial charge in [0.25, 0.3) is 0 Å². The van der Waals surface area contributed by atoms with Crippen LogP contribution in [0.2, 0.25) is 20.9 Å². The second kappa shape index (κ2) is 30.6. The summed E-state index contributed by atoms with van der Waals surface area (Å²) < 4.78 is 94.4. The number of hydrogen-bond acceptors (Lipinski definition) is 27. The zero-order chi connectivity index (χ0) is 73.4. The first-order chi connectivity index (χ1) is 49.6. The zero-order valence-electron chi connectivity index (χ0n) is 56.9. The van der Waals surface area contributed by atoms with E-state index < -0.39 is 30.1 Å². The Morgan fingerprint density at radius 2 is 0.760 bits per heavy atom. The smallest absolute Gasteiger partial charge is 0.226 e. The second-order valence-corrected chi connectivity index (χ2v) is 32.6. The number of imidazole rings is 3. The molecule has 40 heteroatoms. The number of sulfonamides is 3. The number of halogens is 4. The first-order valence-corrected chi connectivity index (χ1v) is 39.9. The fourth-order valence-electron chi connectivity index (χ4n) is 12.2. The van der Waals surface area contributed by atoms with Crippen molar-refractivity contribution in [3.8, 4) is 17.6 Å². The van der Waals surface area contributed by atoms with Gasteiger partial charge in [0.1, 0.15) is 53.8 Å². The van der Waals surface area contributed by atoms with Crippen molar-refractivity contribution in [2.45, 2.75) is 103 Å². The van der Waals surface area contributed by atoms with Crippen LogP contribution in [0.15, 0.2) is 79.6 Å². The van der Waals surface area contributed by atoms with Crippen molar-refractivity contribution in [2.24, 2.45) is 0 Å². The van der Waals surface area contributed by atoms with Crippen LogP contribution in [0.5, 0.6) is 17.6 Å². The highest BCUT2D eigenvalue weighted by atomic mass is 35.5. The third kappa shape index (κ3) is 16.9. The third-order valence-corrected chi connectivity index (χ3v) is 22.4. The monoisotopic (exact) mass is 1550 g/mol. The number of rotatable bonds is 18. The molecule has 3 aliphatic heterocycles. The summed E-state index contributed by atoms with van der Waals surface area (Å²) in [6.07, 6.45) is 10.9. The molecule has 104 heavy (non-hydrogen) atoms. The Morgan fingerprint density at radius 3 is 1.16 bits per heavy atom. The molecule has 6 N–H and O–H groups in total. The van der Waals surface area contributed by atoms with Gasteiger partial charge in [-0.25, -0.2) is 83.0 Å². The Hall–Kier alpha value is -8.98. The fourth-order valence-corrected chi connectivity index (χ4v) is 15.6. The Bertz CT molecular complexity index is 5300. The summed E-state index contributed by atoms with van der Waals surface area (Å²) in [5, 5.41) is 13.3. The number of piperidine rings is 3. The Kier molecular flexibility index (Phi) is 21.6. The van der Waals surface area contributed by atoms with E-state index in [1.54, 1.807) is 6.07 Å². The third-order valence-electron chi connectivity index (χ3n) is 17.6. The topological polar surface area (TPSA) is 417 Å². The van der Waals surface area contributed by atoms with Crippen LogP contribution in [0.1, 0.15) is 100 Å². The van der Waals surface area contributed by atoms with Gasteiger partial charge in [0.2, 0.25) is 63.6 Å². The van der Waals surface area contributed by atoms with E-state index in [0.717, 1.165) is 27.4 Å². The lowest BCUT2D eigenvalue weighted by Crippen LogP contribution is -2.41. The van der Waals surface area contributed by atoms with E-state index in [9.17, 15) is 25.3 Å². The molecule has 15 rings (SSSR count). The quantitative estimate of drug-likeness (QED) is 0.0435. The molecule has 12 heterocycles. The average molecular weight is 1560 g/mol. The van der Waals surface area contributed by atoms with Gasteiger partial charge in [0.05, 0.1) is 74.6 Å². The molecule has 0 unspecified atom stereocenters. The molecule has 0 radical (unpaired) electrons. The number of ether oxygens (including phenoxy) is 3. The molecule has 3 saturated heterocycles. The van der Waals surface area contributed by atoms with Crippen molar-refractivity contribution in [1.82, 2.24) is 103 Å². The lowest BCUT2D eigenvalue weighted by atomic mass is 10.1. The Morgan fingerprint density at radius 1 is 0.423 bits per heavy atom. The van der Waals surface area contributed by atoms with E-state index in [4.69, 9.17) is 90.5 Å². The molecule has 3 fully saturated rings. The van der Waals surface area contributed by atoms with Gasteiger partial charge in [-0.2, -0.15) is 29.9 Å². The van der Waals surface area contributed by atoms with Gasteiger partial charge in [-0.3, -0.25) is 0 Å². The van der Waals surface area contributed by atoms with Gasteiger partial charge in [-0.1, -0.05) is 41.9 Å². The minimum Gasteiger partial charge on any atom is -0.474 e. The largest absolute Gasteiger partial charge is 0.474 e. The number of hydrogen-bond donors (Lipinski definition) is 6. The summed E-state index contributed by atoms with van der Waals surface area (Å²) in [5.74, 6) is 4.43. The van der Waals surface area contributed by atoms with Gasteiger partial charge in [-0.15, -0.1) is 0 Å². The number of fused-ring (bicyclic) bond motifs is 6. The first kappa shape index (κ1) is 73.3. The van der Waals surface area contributed by atoms with Crippen molar-refractivity contribution >= 4 is 160 Å². The number of nitrogens with one attached hydrogen (secondary N) is 6. The standard InChI is InChI=1S/C22H25ClN8O3S.C21H22Cl2N8O3S.C21H23ClN8O3S/c1-12-5-4-6-15-16(12)21(34-14-7-9-31(10-8-14)35(3,32)33)29-18(27-15)13(2)26-19-17-20(25-11-24-19)30-22(23)28-17;1-11(26-18-16-19(25-10-24-18)30-21(23)28-16)17-27-14-5-3-4-13(22)15(14)20(29-17)34-12-6-8-31(9-7-12)35(2,32)33;1-12(25-18-16-19(24-11-23-18)29-21(22)27-16)17-26-15-6-4-3-5-14(15)20(28-17)33-13-7-9-30(10-8-13)34(2,31)32/h4-6,11,13-14H,7-10H2,1-3H3,(H2,24,25,26,28,30);3-5,10-12H,6-9H2,1-2H3,(H2,24,25,26,28,30);3-6,11-13H,7-10H2,1-2H3,(H2,23,24,25,27,29)/t13-;11-;12-/m000/s1. The SMILES string of the molecule is C[C@H](Nc1ncnc2nc(Cl)[nH]c12)c1nc(OC2CCN(S(C)(=O)=O)CC2)c2c(Cl)cccc2n1.C[C@H](Nc1ncnc2nc(Cl)[nH]c12)c1nc(OC2CCN(S(C)(=O)=O)CC2)c2ccccc2n1.Cc1cccc2nc([C@H](C)Nc3ncnc4nc(Cl)[nH]c34)nc(OC3CCN(S(C)(=O)=O)CC3)c12. The van der Waals surface area contributed by atoms with Crippen molar-refractivity contribution < 1.29 is 39.5 Å². The van der Waals surface area contributed by atoms with E-state index in [-0.39, 0.29) is 52.3 Å². The number of para-hydroxylation sites is 1. The summed E-state index contributed by atoms with van der Waals surface area (Å²) in [4.78, 5) is 74.8. The number of aromatic amines is 3. The van der Waals surface area contributed by atoms with Crippen LogP contribution >= 0.6 is 46.4 Å². The Labute approximate surface area is 616 Å². The molecule has 3 atom stereocenters. The molecule has 9 aromatic heterocycles. The first-order valence-electron chi connectivity index (χ1n) is 32.9. The van der Waals surface area contributed by atoms with Crippen LogP contribution in [0.4, 0.5) is 17.5 Å². The number of benzene rings is 3. The van der Waals surface area contributed by atoms with Crippen LogP contribution in [0, 0.1) is 6.92 Å². The van der Waals surface area contributed by atoms with Crippen molar-refractivity contribution in [2.75, 3.05) is 74.0 Å². The van der Waals surface area contributed by atoms with Crippen LogP contribution in [-0.2, 0) is 30.1 Å². The van der Waals surface area contributed by atoms with Crippen LogP contribution in [-0.4, -0.2) is 204 Å². The summed E-state index contributed by atoms with van der Waals surface area (Å²) in [6.45, 7) is 10.2. The average Bonchev–Trinajstić information content (AvgIpc) is 1.07. The lowest BCUT2D eigenvalue weighted by Gasteiger charge is -2.30. The molecule has 0 bridgehead atoms. The lowest BCUT2D eigenvalue weighted by molar-refractivity contribution is 0.131. The highest BCUT2D eigenvalue weighted by molar-refractivity contribution is 7.88. The fraction of sp³-hybridized carbons (Fsp3) is 0.391. The summed E-state index contributed by atoms with van der Waals surface area (Å²) in [5.41, 5.74) is 6.27. The molecular weight excluding hydrogens is 1490 g/mol. The maximum absolute atomic E-state index is 11.9. The van der Waals surface area contributed by atoms with Crippen molar-refractivity contribution in [3.63, 3.8) is 0 Å². The molecule has 3 aliphatic rings. The molecule has 0 spiro atoms. The van der Waals surface area contributed by atoms with E-state index in [0.29, 0.717) is 180 Å². The maximum Gasteiger partial charge on any atom is 0.226 e. The number of aryl methyl sites for hydroxylation is 1. The molecule has 12 aromatic rings. The van der Waals surface area contributed by atoms with Gasteiger partial charge in [-0.05, 0) is 137 Å². The highest BCUT2D eigenvalue weighted by Gasteiger charge is 2.32. The predicted molar refractivity (Wildman–Crippen MR) is 395 cm³/mol. The molecule has 33 nitrogen and oxygen atoms in total. The number of anilines is 3. The molecule has 0 aliphatic carbocycles. The van der Waals surface area contributed by atoms with Crippen LogP contribution in [0.3, 0.4) is 0 Å². The summed E-state index contributed by atoms with van der Waals surface area (Å²) >= 11 is 24.5. The number of aromatic nitrogens is 18. The minimum absolute atomic E-state index is 0.138. The van der Waals surface area contributed by atoms with E-state index >= 15 is 0 Å². The van der Waals surface area contributed by atoms with Gasteiger partial charge >= 0.3 is 0 Å². The number of nitrogens with zero attached hydrogens (tertiary/aromatic N) is 18. The zero-order valence-corrected chi connectivity index (χ0v) is 62.4. The van der Waals surface area contributed by atoms with E-state index in [1.165, 1.54) is 50.7 Å². The maximum atomic E-state index is 11.9. The van der Waals surface area contributed by atoms with Crippen LogP contribution in [0.25, 0.3) is 66.2 Å². The highest BCUT2D eigenvalue weighted by Crippen LogP contribution is 2.37. The van der Waals surface area contributed by atoms with Crippen LogP contribution < -0.4 is 30.2 Å². The van der Waals surface area contributed by atoms with Gasteiger partial charge in [0.15, 0.2) is 51.9 Å². The Balaban J connectivity index is 0.000000139. The van der Waals surface area contributed by atoms with Gasteiger partial charge in [0, 0.05) is 39.3 Å². The summed E-state index contributed by atoms with van der Waals surface area (Å²) in [7, 11) is -9.64. The van der Waals surface area contributed by atoms with E-state index in [1.807, 2.05) is 82.3 Å². The molecule has 546 valence electrons. The normalized spacial score (nSPS) is 16.6. The second-order valence-electron chi connectivity index (χ2n) is 25.2. The van der Waals surface area contributed by atoms with Crippen molar-refractivity contribution in [1.29, 1.82) is 0 Å². The van der Waals surface area contributed by atoms with Crippen molar-refractivity contribution in [3.05, 3.63) is 124 Å². The molecular formula is C64H70Cl4N24O9S3. The number of H-pyrrole nitrogens is 3. The predicted octanol–water partition coefficient (Wildman–Crippen LogP) is 9.74. The van der Waals surface area contributed by atoms with Gasteiger partial charge < -0.3 is 45.1 Å². The minimum atomic E-state index is -3.23. The molecule has 0 amide bonds. The molecule has 0 saturated carbocycles. The molecule has 3 aromatic carbocycles. The van der Waals surface area contributed by atoms with E-state index in [2.05, 4.69) is 75.8 Å².